The highest BCUT2D eigenvalue weighted by atomic mass is 79.9. The van der Waals surface area contributed by atoms with E-state index in [9.17, 15) is 8.42 Å². The van der Waals surface area contributed by atoms with E-state index in [2.05, 4.69) is 20.7 Å². The van der Waals surface area contributed by atoms with E-state index in [-0.39, 0.29) is 0 Å². The van der Waals surface area contributed by atoms with E-state index in [1.165, 1.54) is 11.3 Å². The molecule has 102 valence electrons. The number of rotatable bonds is 4. The van der Waals surface area contributed by atoms with Crippen LogP contribution in [0.15, 0.2) is 20.1 Å². The molecule has 18 heavy (non-hydrogen) atoms. The lowest BCUT2D eigenvalue weighted by molar-refractivity contribution is 0.298. The van der Waals surface area contributed by atoms with Gasteiger partial charge >= 0.3 is 0 Å². The fraction of sp³-hybridized carbons (Fsp3) is 0.636. The Kier molecular flexibility index (Phi) is 4.75. The topological polar surface area (TPSA) is 46.2 Å². The van der Waals surface area contributed by atoms with Crippen LogP contribution in [0.25, 0.3) is 0 Å². The summed E-state index contributed by atoms with van der Waals surface area (Å²) in [7, 11) is -3.48. The highest BCUT2D eigenvalue weighted by Gasteiger charge is 2.36. The molecule has 1 aromatic heterocycles. The minimum Gasteiger partial charge on any atom is -0.206 e. The Labute approximate surface area is 125 Å². The van der Waals surface area contributed by atoms with Gasteiger partial charge in [-0.2, -0.15) is 0 Å². The van der Waals surface area contributed by atoms with Crippen molar-refractivity contribution in [3.05, 3.63) is 15.9 Å². The van der Waals surface area contributed by atoms with Crippen LogP contribution in [0.3, 0.4) is 0 Å². The average Bonchev–Trinajstić information content (AvgIpc) is 2.77. The molecule has 0 aliphatic heterocycles. The van der Waals surface area contributed by atoms with Crippen LogP contribution in [-0.2, 0) is 10.0 Å². The van der Waals surface area contributed by atoms with Gasteiger partial charge in [-0.05, 0) is 40.2 Å². The summed E-state index contributed by atoms with van der Waals surface area (Å²) in [4.78, 5) is 0. The van der Waals surface area contributed by atoms with Gasteiger partial charge in [0.25, 0.3) is 10.0 Å². The minimum absolute atomic E-state index is 0.329. The van der Waals surface area contributed by atoms with Gasteiger partial charge in [0.2, 0.25) is 0 Å². The third-order valence-electron chi connectivity index (χ3n) is 3.25. The van der Waals surface area contributed by atoms with Gasteiger partial charge in [-0.25, -0.2) is 13.1 Å². The zero-order valence-corrected chi connectivity index (χ0v) is 13.8. The molecule has 0 unspecified atom stereocenters. The summed E-state index contributed by atoms with van der Waals surface area (Å²) in [6.45, 7) is 0. The van der Waals surface area contributed by atoms with Crippen LogP contribution in [0.4, 0.5) is 0 Å². The maximum atomic E-state index is 12.4. The largest absolute Gasteiger partial charge is 0.251 e. The molecule has 0 bridgehead atoms. The van der Waals surface area contributed by atoms with Crippen molar-refractivity contribution < 1.29 is 8.42 Å². The molecular weight excluding hydrogens is 358 g/mol. The van der Waals surface area contributed by atoms with Crippen molar-refractivity contribution in [2.24, 2.45) is 0 Å². The Morgan fingerprint density at radius 2 is 2.06 bits per heavy atom. The highest BCUT2D eigenvalue weighted by Crippen LogP contribution is 2.33. The maximum absolute atomic E-state index is 12.4. The molecule has 1 aliphatic rings. The van der Waals surface area contributed by atoms with Crippen molar-refractivity contribution in [1.82, 2.24) is 4.72 Å². The molecule has 0 saturated heterocycles. The summed E-state index contributed by atoms with van der Waals surface area (Å²) < 4.78 is 28.5. The van der Waals surface area contributed by atoms with E-state index in [0.29, 0.717) is 14.6 Å². The molecular formula is C11H15BrClNO2S2. The van der Waals surface area contributed by atoms with Gasteiger partial charge in [0, 0.05) is 15.9 Å². The van der Waals surface area contributed by atoms with E-state index in [1.54, 1.807) is 11.4 Å². The van der Waals surface area contributed by atoms with E-state index < -0.39 is 15.6 Å². The number of thiophene rings is 1. The van der Waals surface area contributed by atoms with Gasteiger partial charge in [0.15, 0.2) is 0 Å². The summed E-state index contributed by atoms with van der Waals surface area (Å²) >= 11 is 10.5. The summed E-state index contributed by atoms with van der Waals surface area (Å²) in [5.74, 6) is 0.329. The Morgan fingerprint density at radius 3 is 2.56 bits per heavy atom. The molecule has 0 radical (unpaired) electrons. The molecule has 1 N–H and O–H groups in total. The van der Waals surface area contributed by atoms with Crippen molar-refractivity contribution in [2.75, 3.05) is 5.88 Å². The number of nitrogens with one attached hydrogen (secondary N) is 1. The number of hydrogen-bond acceptors (Lipinski definition) is 3. The van der Waals surface area contributed by atoms with Crippen molar-refractivity contribution in [3.63, 3.8) is 0 Å². The standard InChI is InChI=1S/C11H15BrClNO2S2/c12-9-4-7-17-10(9)18(15,16)14-11(8-13)5-2-1-3-6-11/h4,7,14H,1-3,5-6,8H2. The van der Waals surface area contributed by atoms with Crippen LogP contribution < -0.4 is 4.72 Å². The average molecular weight is 373 g/mol. The SMILES string of the molecule is O=S(=O)(NC1(CCl)CCCCC1)c1sccc1Br. The summed E-state index contributed by atoms with van der Waals surface area (Å²) in [5, 5.41) is 1.76. The molecule has 2 rings (SSSR count). The predicted octanol–water partition coefficient (Wildman–Crippen LogP) is 3.73. The third kappa shape index (κ3) is 3.10. The number of halogens is 2. The molecule has 7 heteroatoms. The fourth-order valence-corrected chi connectivity index (χ4v) is 6.51. The molecule has 1 aromatic rings. The normalized spacial score (nSPS) is 19.9. The minimum atomic E-state index is -3.48. The Bertz CT molecular complexity index is 509. The lowest BCUT2D eigenvalue weighted by atomic mass is 9.84. The van der Waals surface area contributed by atoms with Crippen LogP contribution in [0, 0.1) is 0 Å². The van der Waals surface area contributed by atoms with Gasteiger partial charge in [-0.15, -0.1) is 22.9 Å². The van der Waals surface area contributed by atoms with Crippen LogP contribution in [0.2, 0.25) is 0 Å². The number of alkyl halides is 1. The van der Waals surface area contributed by atoms with Gasteiger partial charge < -0.3 is 0 Å². The van der Waals surface area contributed by atoms with Gasteiger partial charge in [0.1, 0.15) is 4.21 Å². The summed E-state index contributed by atoms with van der Waals surface area (Å²) in [5.41, 5.74) is -0.470. The van der Waals surface area contributed by atoms with E-state index >= 15 is 0 Å². The molecule has 0 amide bonds. The Morgan fingerprint density at radius 1 is 1.39 bits per heavy atom. The maximum Gasteiger partial charge on any atom is 0.251 e. The first kappa shape index (κ1) is 14.8. The van der Waals surface area contributed by atoms with Crippen LogP contribution in [0.5, 0.6) is 0 Å². The van der Waals surface area contributed by atoms with Crippen molar-refractivity contribution >= 4 is 48.9 Å². The number of hydrogen-bond donors (Lipinski definition) is 1. The fourth-order valence-electron chi connectivity index (χ4n) is 2.29. The molecule has 1 heterocycles. The van der Waals surface area contributed by atoms with Crippen molar-refractivity contribution in [1.29, 1.82) is 0 Å². The second-order valence-electron chi connectivity index (χ2n) is 4.64. The van der Waals surface area contributed by atoms with E-state index in [1.807, 2.05) is 0 Å². The molecule has 0 atom stereocenters. The second-order valence-corrected chi connectivity index (χ2v) is 8.55. The van der Waals surface area contributed by atoms with E-state index in [0.717, 1.165) is 32.1 Å². The molecule has 0 aromatic carbocycles. The van der Waals surface area contributed by atoms with Gasteiger partial charge in [-0.3, -0.25) is 0 Å². The Balaban J connectivity index is 2.24. The summed E-state index contributed by atoms with van der Waals surface area (Å²) in [6.07, 6.45) is 4.85. The van der Waals surface area contributed by atoms with Crippen LogP contribution >= 0.6 is 38.9 Å². The molecule has 0 spiro atoms. The zero-order chi connectivity index (χ0) is 13.2. The van der Waals surface area contributed by atoms with Crippen LogP contribution in [-0.4, -0.2) is 19.8 Å². The predicted molar refractivity (Wildman–Crippen MR) is 78.9 cm³/mol. The lowest BCUT2D eigenvalue weighted by Gasteiger charge is -2.35. The summed E-state index contributed by atoms with van der Waals surface area (Å²) in [6, 6.07) is 1.74. The van der Waals surface area contributed by atoms with Crippen molar-refractivity contribution in [3.8, 4) is 0 Å². The highest BCUT2D eigenvalue weighted by molar-refractivity contribution is 9.10. The van der Waals surface area contributed by atoms with Gasteiger partial charge in [0.05, 0.1) is 0 Å². The molecule has 1 aliphatic carbocycles. The third-order valence-corrected chi connectivity index (χ3v) is 8.01. The van der Waals surface area contributed by atoms with Gasteiger partial charge in [-0.1, -0.05) is 19.3 Å². The lowest BCUT2D eigenvalue weighted by Crippen LogP contribution is -2.51. The first-order valence-corrected chi connectivity index (χ1v) is 9.51. The van der Waals surface area contributed by atoms with E-state index in [4.69, 9.17) is 11.6 Å². The zero-order valence-electron chi connectivity index (χ0n) is 9.79. The quantitative estimate of drug-likeness (QED) is 0.819. The smallest absolute Gasteiger partial charge is 0.206 e. The second kappa shape index (κ2) is 5.79. The molecule has 1 fully saturated rings. The monoisotopic (exact) mass is 371 g/mol. The first-order chi connectivity index (χ1) is 8.49. The number of sulfonamides is 1. The van der Waals surface area contributed by atoms with Crippen molar-refractivity contribution in [2.45, 2.75) is 41.9 Å². The molecule has 3 nitrogen and oxygen atoms in total. The Hall–Kier alpha value is 0.380. The van der Waals surface area contributed by atoms with Crippen LogP contribution in [0.1, 0.15) is 32.1 Å². The molecule has 1 saturated carbocycles. The first-order valence-electron chi connectivity index (χ1n) is 5.82.